The molecule has 1 saturated carbocycles. The number of hydrogen-bond acceptors (Lipinski definition) is 4. The molecule has 3 atom stereocenters. The zero-order valence-electron chi connectivity index (χ0n) is 18.7. The second-order valence-corrected chi connectivity index (χ2v) is 10.4. The van der Waals surface area contributed by atoms with Crippen molar-refractivity contribution < 1.29 is 9.59 Å². The van der Waals surface area contributed by atoms with Gasteiger partial charge in [0, 0.05) is 37.0 Å². The van der Waals surface area contributed by atoms with Crippen LogP contribution in [0.25, 0.3) is 10.9 Å². The van der Waals surface area contributed by atoms with Crippen molar-refractivity contribution in [3.05, 3.63) is 35.0 Å². The Kier molecular flexibility index (Phi) is 6.07. The molecule has 5 rings (SSSR count). The second kappa shape index (κ2) is 9.00. The van der Waals surface area contributed by atoms with E-state index in [0.29, 0.717) is 23.7 Å². The van der Waals surface area contributed by atoms with Crippen molar-refractivity contribution in [3.63, 3.8) is 0 Å². The van der Waals surface area contributed by atoms with Gasteiger partial charge in [-0.05, 0) is 56.1 Å². The zero-order valence-corrected chi connectivity index (χ0v) is 19.5. The Morgan fingerprint density at radius 1 is 1.36 bits per heavy atom. The third kappa shape index (κ3) is 4.34. The van der Waals surface area contributed by atoms with E-state index in [2.05, 4.69) is 21.7 Å². The number of fused-ring (bicyclic) bond motifs is 1. The van der Waals surface area contributed by atoms with Crippen molar-refractivity contribution in [2.45, 2.75) is 57.0 Å². The van der Waals surface area contributed by atoms with E-state index in [-0.39, 0.29) is 29.2 Å². The van der Waals surface area contributed by atoms with Crippen molar-refractivity contribution in [3.8, 4) is 6.07 Å². The minimum Gasteiger partial charge on any atom is -0.356 e. The molecule has 1 aromatic heterocycles. The molecule has 3 N–H and O–H groups in total. The van der Waals surface area contributed by atoms with E-state index in [1.54, 1.807) is 0 Å². The number of carbonyl (C=O) groups is 2. The highest BCUT2D eigenvalue weighted by Crippen LogP contribution is 2.50. The van der Waals surface area contributed by atoms with Gasteiger partial charge in [-0.15, -0.1) is 0 Å². The quantitative estimate of drug-likeness (QED) is 0.604. The topological polar surface area (TPSA) is 101 Å². The van der Waals surface area contributed by atoms with Crippen LogP contribution in [0.5, 0.6) is 0 Å². The number of aromatic nitrogens is 1. The van der Waals surface area contributed by atoms with Gasteiger partial charge in [-0.3, -0.25) is 14.9 Å². The first-order valence-corrected chi connectivity index (χ1v) is 12.3. The number of para-hydroxylation sites is 1. The van der Waals surface area contributed by atoms with Crippen LogP contribution in [0.1, 0.15) is 55.4 Å². The number of carbonyl (C=O) groups excluding carboxylic acids is 2. The number of benzene rings is 1. The first-order valence-electron chi connectivity index (χ1n) is 12.0. The van der Waals surface area contributed by atoms with E-state index in [1.807, 2.05) is 29.2 Å². The maximum absolute atomic E-state index is 13.5. The number of piperidine rings is 1. The Hall–Kier alpha value is -2.56. The highest BCUT2D eigenvalue weighted by atomic mass is 35.5. The number of nitriles is 1. The lowest BCUT2D eigenvalue weighted by Crippen LogP contribution is -2.46. The summed E-state index contributed by atoms with van der Waals surface area (Å²) in [6, 6.07) is 9.47. The molecule has 3 heterocycles. The van der Waals surface area contributed by atoms with Crippen LogP contribution in [0.2, 0.25) is 5.02 Å². The van der Waals surface area contributed by atoms with E-state index in [1.165, 1.54) is 6.42 Å². The lowest BCUT2D eigenvalue weighted by molar-refractivity contribution is -0.126. The van der Waals surface area contributed by atoms with E-state index >= 15 is 0 Å². The van der Waals surface area contributed by atoms with Crippen LogP contribution in [0.15, 0.2) is 24.3 Å². The van der Waals surface area contributed by atoms with Gasteiger partial charge in [-0.2, -0.15) is 5.26 Å². The molecule has 0 radical (unpaired) electrons. The molecule has 1 aliphatic carbocycles. The summed E-state index contributed by atoms with van der Waals surface area (Å²) in [5.41, 5.74) is 1.54. The monoisotopic (exact) mass is 467 g/mol. The first kappa shape index (κ1) is 22.2. The van der Waals surface area contributed by atoms with Crippen LogP contribution in [0.4, 0.5) is 0 Å². The fourth-order valence-electron chi connectivity index (χ4n) is 5.82. The Morgan fingerprint density at radius 2 is 2.21 bits per heavy atom. The lowest BCUT2D eigenvalue weighted by Gasteiger charge is -2.37. The highest BCUT2D eigenvalue weighted by molar-refractivity contribution is 6.35. The van der Waals surface area contributed by atoms with E-state index < -0.39 is 6.04 Å². The summed E-state index contributed by atoms with van der Waals surface area (Å²) in [4.78, 5) is 30.9. The van der Waals surface area contributed by atoms with Gasteiger partial charge in [0.1, 0.15) is 5.69 Å². The summed E-state index contributed by atoms with van der Waals surface area (Å²) >= 11 is 6.31. The average molecular weight is 468 g/mol. The molecule has 33 heavy (non-hydrogen) atoms. The molecule has 2 aromatic rings. The lowest BCUT2D eigenvalue weighted by atomic mass is 9.67. The molecule has 2 amide bonds. The Bertz CT molecular complexity index is 1100. The summed E-state index contributed by atoms with van der Waals surface area (Å²) < 4.78 is 0. The summed E-state index contributed by atoms with van der Waals surface area (Å²) in [6.07, 6.45) is 6.75. The van der Waals surface area contributed by atoms with Crippen molar-refractivity contribution in [1.29, 1.82) is 5.26 Å². The Balaban J connectivity index is 1.29. The van der Waals surface area contributed by atoms with Gasteiger partial charge in [0.2, 0.25) is 5.91 Å². The van der Waals surface area contributed by atoms with Crippen LogP contribution in [-0.4, -0.2) is 53.4 Å². The van der Waals surface area contributed by atoms with Crippen molar-refractivity contribution in [2.24, 2.45) is 11.3 Å². The van der Waals surface area contributed by atoms with Gasteiger partial charge in [-0.25, -0.2) is 0 Å². The number of halogens is 1. The highest BCUT2D eigenvalue weighted by Gasteiger charge is 2.49. The van der Waals surface area contributed by atoms with Crippen LogP contribution in [0.3, 0.4) is 0 Å². The number of nitrogens with one attached hydrogen (secondary N) is 3. The number of likely N-dealkylation sites (tertiary alicyclic amines) is 1. The minimum absolute atomic E-state index is 0.0157. The van der Waals surface area contributed by atoms with E-state index in [0.717, 1.165) is 56.1 Å². The number of nitrogens with zero attached hydrogens (tertiary/aromatic N) is 2. The molecule has 1 spiro atoms. The smallest absolute Gasteiger partial charge is 0.270 e. The summed E-state index contributed by atoms with van der Waals surface area (Å²) in [5.74, 6) is -0.0869. The third-order valence-electron chi connectivity index (χ3n) is 7.80. The van der Waals surface area contributed by atoms with Crippen LogP contribution in [-0.2, 0) is 4.79 Å². The summed E-state index contributed by atoms with van der Waals surface area (Å²) in [6.45, 7) is 2.03. The van der Waals surface area contributed by atoms with Crippen molar-refractivity contribution in [1.82, 2.24) is 20.5 Å². The van der Waals surface area contributed by atoms with Gasteiger partial charge in [0.05, 0.1) is 22.7 Å². The standard InChI is InChI=1S/C25H30ClN5O2/c26-20-6-1-4-16-11-21(30-22(16)20)24(33)31-15-25(7-3-8-25)12-19(31)14-29-18(13-27)10-17-5-2-9-28-23(17)32/h1,4,6,11,17-19,29-30H,2-3,5,7-10,12,14-15H2,(H,28,32)/t17-,18-,19?/m0/s1. The maximum atomic E-state index is 13.5. The summed E-state index contributed by atoms with van der Waals surface area (Å²) in [7, 11) is 0. The number of hydrogen-bond donors (Lipinski definition) is 3. The predicted octanol–water partition coefficient (Wildman–Crippen LogP) is 3.60. The number of aromatic amines is 1. The van der Waals surface area contributed by atoms with E-state index in [9.17, 15) is 14.9 Å². The van der Waals surface area contributed by atoms with Gasteiger partial charge < -0.3 is 15.2 Å². The Morgan fingerprint density at radius 3 is 2.91 bits per heavy atom. The summed E-state index contributed by atoms with van der Waals surface area (Å²) in [5, 5.41) is 17.5. The molecule has 2 saturated heterocycles. The van der Waals surface area contributed by atoms with Crippen LogP contribution in [0, 0.1) is 22.7 Å². The van der Waals surface area contributed by atoms with E-state index in [4.69, 9.17) is 11.6 Å². The number of rotatable bonds is 6. The van der Waals surface area contributed by atoms with Gasteiger partial charge >= 0.3 is 0 Å². The van der Waals surface area contributed by atoms with Gasteiger partial charge in [-0.1, -0.05) is 30.2 Å². The fraction of sp³-hybridized carbons (Fsp3) is 0.560. The maximum Gasteiger partial charge on any atom is 0.270 e. The van der Waals surface area contributed by atoms with Gasteiger partial charge in [0.25, 0.3) is 5.91 Å². The zero-order chi connectivity index (χ0) is 23.0. The molecule has 0 bridgehead atoms. The molecule has 3 aliphatic rings. The molecular formula is C25H30ClN5O2. The van der Waals surface area contributed by atoms with Crippen LogP contribution < -0.4 is 10.6 Å². The molecular weight excluding hydrogens is 438 g/mol. The molecule has 3 fully saturated rings. The molecule has 2 aliphatic heterocycles. The van der Waals surface area contributed by atoms with Gasteiger partial charge in [0.15, 0.2) is 0 Å². The normalized spacial score (nSPS) is 25.0. The molecule has 1 aromatic carbocycles. The predicted molar refractivity (Wildman–Crippen MR) is 127 cm³/mol. The molecule has 1 unspecified atom stereocenters. The van der Waals surface area contributed by atoms with Crippen LogP contribution >= 0.6 is 11.6 Å². The SMILES string of the molecule is N#C[C@H](C[C@@H]1CCCNC1=O)NCC1CC2(CCC2)CN1C(=O)c1cc2cccc(Cl)c2[nH]1. The van der Waals surface area contributed by atoms with Crippen molar-refractivity contribution in [2.75, 3.05) is 19.6 Å². The largest absolute Gasteiger partial charge is 0.356 e. The first-order chi connectivity index (χ1) is 16.0. The number of amides is 2. The molecule has 174 valence electrons. The average Bonchev–Trinajstić information content (AvgIpc) is 3.40. The van der Waals surface area contributed by atoms with Crippen molar-refractivity contribution >= 4 is 34.3 Å². The number of H-pyrrole nitrogens is 1. The molecule has 8 heteroatoms. The molecule has 7 nitrogen and oxygen atoms in total. The Labute approximate surface area is 198 Å². The third-order valence-corrected chi connectivity index (χ3v) is 8.12. The minimum atomic E-state index is -0.402. The fourth-order valence-corrected chi connectivity index (χ4v) is 6.05. The second-order valence-electron chi connectivity index (χ2n) is 9.99.